The Bertz CT molecular complexity index is 461. The Morgan fingerprint density at radius 2 is 2.29 bits per heavy atom. The Morgan fingerprint density at radius 1 is 1.43 bits per heavy atom. The van der Waals surface area contributed by atoms with Crippen LogP contribution in [-0.4, -0.2) is 6.54 Å². The number of hydrogen-bond acceptors (Lipinski definition) is 2. The van der Waals surface area contributed by atoms with E-state index in [2.05, 4.69) is 41.5 Å². The lowest BCUT2D eigenvalue weighted by molar-refractivity contribution is 1.32. The standard InChI is InChI=1S/C11H10ClNS/c1-8(12)7-13-10-2-3-11-9(6-10)4-5-14-11/h2-6,13H,1,7H2. The summed E-state index contributed by atoms with van der Waals surface area (Å²) in [5.74, 6) is 0. The summed E-state index contributed by atoms with van der Waals surface area (Å²) in [4.78, 5) is 0. The highest BCUT2D eigenvalue weighted by atomic mass is 35.5. The highest BCUT2D eigenvalue weighted by Gasteiger charge is 1.96. The third kappa shape index (κ3) is 2.08. The van der Waals surface area contributed by atoms with Crippen LogP contribution >= 0.6 is 22.9 Å². The summed E-state index contributed by atoms with van der Waals surface area (Å²) in [5.41, 5.74) is 1.08. The lowest BCUT2D eigenvalue weighted by Crippen LogP contribution is -1.99. The van der Waals surface area contributed by atoms with E-state index in [9.17, 15) is 0 Å². The van der Waals surface area contributed by atoms with Crippen molar-refractivity contribution in [2.45, 2.75) is 0 Å². The Balaban J connectivity index is 2.21. The van der Waals surface area contributed by atoms with E-state index in [1.54, 1.807) is 11.3 Å². The molecule has 0 atom stereocenters. The molecule has 0 aliphatic heterocycles. The Kier molecular flexibility index (Phi) is 2.75. The lowest BCUT2D eigenvalue weighted by Gasteiger charge is -2.04. The van der Waals surface area contributed by atoms with E-state index in [0.29, 0.717) is 11.6 Å². The molecule has 0 radical (unpaired) electrons. The molecule has 1 nitrogen and oxygen atoms in total. The van der Waals surface area contributed by atoms with Gasteiger partial charge in [0.25, 0.3) is 0 Å². The summed E-state index contributed by atoms with van der Waals surface area (Å²) in [7, 11) is 0. The molecule has 0 fully saturated rings. The Morgan fingerprint density at radius 3 is 3.07 bits per heavy atom. The first-order chi connectivity index (χ1) is 6.75. The maximum absolute atomic E-state index is 5.67. The van der Waals surface area contributed by atoms with Crippen LogP contribution in [0.3, 0.4) is 0 Å². The molecule has 1 N–H and O–H groups in total. The van der Waals surface area contributed by atoms with Crippen molar-refractivity contribution in [2.75, 3.05) is 11.9 Å². The van der Waals surface area contributed by atoms with Crippen molar-refractivity contribution >= 4 is 38.7 Å². The van der Waals surface area contributed by atoms with E-state index < -0.39 is 0 Å². The van der Waals surface area contributed by atoms with Gasteiger partial charge in [-0.05, 0) is 35.0 Å². The highest BCUT2D eigenvalue weighted by Crippen LogP contribution is 2.24. The molecule has 72 valence electrons. The molecule has 3 heteroatoms. The van der Waals surface area contributed by atoms with Crippen molar-refractivity contribution in [3.63, 3.8) is 0 Å². The Hall–Kier alpha value is -0.990. The average molecular weight is 224 g/mol. The van der Waals surface area contributed by atoms with Gasteiger partial charge in [0.05, 0.1) is 6.54 Å². The van der Waals surface area contributed by atoms with E-state index >= 15 is 0 Å². The van der Waals surface area contributed by atoms with E-state index in [1.807, 2.05) is 0 Å². The monoisotopic (exact) mass is 223 g/mol. The molecular weight excluding hydrogens is 214 g/mol. The molecule has 0 saturated heterocycles. The van der Waals surface area contributed by atoms with Gasteiger partial charge < -0.3 is 5.32 Å². The molecule has 1 aromatic carbocycles. The van der Waals surface area contributed by atoms with Crippen LogP contribution in [0.2, 0.25) is 0 Å². The molecule has 2 rings (SSSR count). The number of nitrogens with one attached hydrogen (secondary N) is 1. The summed E-state index contributed by atoms with van der Waals surface area (Å²) in [6.45, 7) is 4.24. The molecule has 0 saturated carbocycles. The van der Waals surface area contributed by atoms with E-state index in [1.165, 1.54) is 10.1 Å². The lowest BCUT2D eigenvalue weighted by atomic mass is 10.2. The number of thiophene rings is 1. The summed E-state index contributed by atoms with van der Waals surface area (Å²) >= 11 is 7.42. The van der Waals surface area contributed by atoms with Crippen molar-refractivity contribution in [1.82, 2.24) is 0 Å². The van der Waals surface area contributed by atoms with Gasteiger partial charge in [-0.2, -0.15) is 0 Å². The first-order valence-electron chi connectivity index (χ1n) is 4.30. The summed E-state index contributed by atoms with van der Waals surface area (Å²) in [6.07, 6.45) is 0. The van der Waals surface area contributed by atoms with Crippen LogP contribution < -0.4 is 5.32 Å². The van der Waals surface area contributed by atoms with Gasteiger partial charge in [0.2, 0.25) is 0 Å². The molecule has 1 aromatic heterocycles. The molecule has 0 aliphatic rings. The minimum atomic E-state index is 0.608. The summed E-state index contributed by atoms with van der Waals surface area (Å²) in [5, 5.41) is 7.18. The maximum Gasteiger partial charge on any atom is 0.0501 e. The quantitative estimate of drug-likeness (QED) is 0.827. The first kappa shape index (κ1) is 9.56. The molecule has 0 bridgehead atoms. The fourth-order valence-electron chi connectivity index (χ4n) is 1.27. The average Bonchev–Trinajstić information content (AvgIpc) is 2.61. The smallest absolute Gasteiger partial charge is 0.0501 e. The number of fused-ring (bicyclic) bond motifs is 1. The fraction of sp³-hybridized carbons (Fsp3) is 0.0909. The van der Waals surface area contributed by atoms with Gasteiger partial charge in [-0.1, -0.05) is 18.2 Å². The van der Waals surface area contributed by atoms with Gasteiger partial charge in [0.15, 0.2) is 0 Å². The summed E-state index contributed by atoms with van der Waals surface area (Å²) < 4.78 is 1.31. The van der Waals surface area contributed by atoms with Crippen molar-refractivity contribution in [3.05, 3.63) is 41.3 Å². The predicted octanol–water partition coefficient (Wildman–Crippen LogP) is 4.07. The van der Waals surface area contributed by atoms with Gasteiger partial charge >= 0.3 is 0 Å². The maximum atomic E-state index is 5.67. The molecule has 0 aliphatic carbocycles. The summed E-state index contributed by atoms with van der Waals surface area (Å²) in [6, 6.07) is 8.39. The van der Waals surface area contributed by atoms with E-state index in [0.717, 1.165) is 5.69 Å². The van der Waals surface area contributed by atoms with Crippen molar-refractivity contribution < 1.29 is 0 Å². The zero-order chi connectivity index (χ0) is 9.97. The topological polar surface area (TPSA) is 12.0 Å². The minimum Gasteiger partial charge on any atom is -0.380 e. The van der Waals surface area contributed by atoms with Crippen LogP contribution in [0.4, 0.5) is 5.69 Å². The Labute approximate surface area is 92.0 Å². The highest BCUT2D eigenvalue weighted by molar-refractivity contribution is 7.17. The van der Waals surface area contributed by atoms with Crippen LogP contribution in [0, 0.1) is 0 Å². The number of benzene rings is 1. The SMILES string of the molecule is C=C(Cl)CNc1ccc2sccc2c1. The molecule has 0 spiro atoms. The van der Waals surface area contributed by atoms with Crippen molar-refractivity contribution in [2.24, 2.45) is 0 Å². The largest absolute Gasteiger partial charge is 0.380 e. The van der Waals surface area contributed by atoms with Crippen molar-refractivity contribution in [3.8, 4) is 0 Å². The molecule has 1 heterocycles. The number of rotatable bonds is 3. The van der Waals surface area contributed by atoms with Gasteiger partial charge in [-0.3, -0.25) is 0 Å². The van der Waals surface area contributed by atoms with Gasteiger partial charge in [-0.25, -0.2) is 0 Å². The van der Waals surface area contributed by atoms with Gasteiger partial charge in [-0.15, -0.1) is 11.3 Å². The van der Waals surface area contributed by atoms with Crippen LogP contribution in [0.15, 0.2) is 41.3 Å². The third-order valence-corrected chi connectivity index (χ3v) is 2.97. The molecular formula is C11H10ClNS. The van der Waals surface area contributed by atoms with Crippen LogP contribution in [0.25, 0.3) is 10.1 Å². The second-order valence-electron chi connectivity index (χ2n) is 3.04. The number of halogens is 1. The van der Waals surface area contributed by atoms with Gasteiger partial charge in [0, 0.05) is 15.4 Å². The van der Waals surface area contributed by atoms with Crippen LogP contribution in [0.5, 0.6) is 0 Å². The fourth-order valence-corrected chi connectivity index (χ4v) is 2.11. The zero-order valence-electron chi connectivity index (χ0n) is 7.59. The van der Waals surface area contributed by atoms with E-state index in [4.69, 9.17) is 11.6 Å². The predicted molar refractivity (Wildman–Crippen MR) is 65.3 cm³/mol. The number of hydrogen-bond donors (Lipinski definition) is 1. The second kappa shape index (κ2) is 4.03. The van der Waals surface area contributed by atoms with Crippen molar-refractivity contribution in [1.29, 1.82) is 0 Å². The molecule has 2 aromatic rings. The zero-order valence-corrected chi connectivity index (χ0v) is 9.16. The van der Waals surface area contributed by atoms with Crippen LogP contribution in [-0.2, 0) is 0 Å². The minimum absolute atomic E-state index is 0.608. The third-order valence-electron chi connectivity index (χ3n) is 1.94. The van der Waals surface area contributed by atoms with Gasteiger partial charge in [0.1, 0.15) is 0 Å². The molecule has 0 amide bonds. The first-order valence-corrected chi connectivity index (χ1v) is 5.56. The normalized spacial score (nSPS) is 10.4. The van der Waals surface area contributed by atoms with Crippen LogP contribution in [0.1, 0.15) is 0 Å². The van der Waals surface area contributed by atoms with E-state index in [-0.39, 0.29) is 0 Å². The molecule has 0 unspecified atom stereocenters. The number of anilines is 1. The second-order valence-corrected chi connectivity index (χ2v) is 4.53. The molecule has 14 heavy (non-hydrogen) atoms.